The smallest absolute Gasteiger partial charge is 0.322 e. The Hall–Kier alpha value is -2.49. The number of aryl methyl sites for hydroxylation is 1. The van der Waals surface area contributed by atoms with Crippen molar-refractivity contribution in [3.8, 4) is 5.75 Å². The molecule has 1 aliphatic heterocycles. The van der Waals surface area contributed by atoms with Crippen molar-refractivity contribution >= 4 is 11.7 Å². The maximum Gasteiger partial charge on any atom is 0.322 e. The Balaban J connectivity index is 1.74. The van der Waals surface area contributed by atoms with Gasteiger partial charge in [0.1, 0.15) is 5.75 Å². The van der Waals surface area contributed by atoms with Crippen LogP contribution < -0.4 is 10.1 Å². The van der Waals surface area contributed by atoms with Crippen LogP contribution in [-0.2, 0) is 0 Å². The molecule has 1 aliphatic rings. The van der Waals surface area contributed by atoms with Crippen LogP contribution in [0.4, 0.5) is 10.5 Å². The fourth-order valence-corrected chi connectivity index (χ4v) is 3.48. The first-order chi connectivity index (χ1) is 12.7. The van der Waals surface area contributed by atoms with Crippen LogP contribution in [-0.4, -0.2) is 24.1 Å². The van der Waals surface area contributed by atoms with E-state index in [-0.39, 0.29) is 12.1 Å². The van der Waals surface area contributed by atoms with E-state index in [1.165, 1.54) is 17.5 Å². The van der Waals surface area contributed by atoms with Crippen molar-refractivity contribution in [1.82, 2.24) is 4.90 Å². The predicted molar refractivity (Wildman–Crippen MR) is 106 cm³/mol. The minimum Gasteiger partial charge on any atom is -0.494 e. The van der Waals surface area contributed by atoms with Gasteiger partial charge in [-0.15, -0.1) is 0 Å². The van der Waals surface area contributed by atoms with Gasteiger partial charge in [0.25, 0.3) is 0 Å². The summed E-state index contributed by atoms with van der Waals surface area (Å²) in [7, 11) is 0. The van der Waals surface area contributed by atoms with Crippen LogP contribution in [0.2, 0.25) is 0 Å². The Morgan fingerprint density at radius 2 is 1.81 bits per heavy atom. The first kappa shape index (κ1) is 18.3. The van der Waals surface area contributed by atoms with E-state index in [2.05, 4.69) is 36.5 Å². The highest BCUT2D eigenvalue weighted by Gasteiger charge is 2.26. The number of carbonyl (C=O) groups excluding carboxylic acids is 1. The molecule has 1 saturated heterocycles. The molecule has 2 amide bonds. The summed E-state index contributed by atoms with van der Waals surface area (Å²) in [6.07, 6.45) is 4.40. The van der Waals surface area contributed by atoms with Gasteiger partial charge in [0.15, 0.2) is 0 Å². The SMILES string of the molecule is CCOc1ccc(NC(=O)N2CCCCC[C@@H]2c2ccc(C)cc2)cc1. The van der Waals surface area contributed by atoms with Crippen LogP contribution >= 0.6 is 0 Å². The van der Waals surface area contributed by atoms with Gasteiger partial charge in [-0.25, -0.2) is 4.79 Å². The number of nitrogens with zero attached hydrogens (tertiary/aromatic N) is 1. The van der Waals surface area contributed by atoms with Crippen LogP contribution in [0.3, 0.4) is 0 Å². The van der Waals surface area contributed by atoms with Gasteiger partial charge in [-0.05, 0) is 56.5 Å². The van der Waals surface area contributed by atoms with Gasteiger partial charge < -0.3 is 15.0 Å². The summed E-state index contributed by atoms with van der Waals surface area (Å²) in [6.45, 7) is 5.48. The molecule has 0 radical (unpaired) electrons. The molecule has 26 heavy (non-hydrogen) atoms. The average molecular weight is 352 g/mol. The molecule has 4 heteroatoms. The molecular weight excluding hydrogens is 324 g/mol. The zero-order valence-electron chi connectivity index (χ0n) is 15.7. The van der Waals surface area contributed by atoms with Gasteiger partial charge in [-0.2, -0.15) is 0 Å². The van der Waals surface area contributed by atoms with E-state index in [0.717, 1.165) is 37.2 Å². The van der Waals surface area contributed by atoms with Crippen molar-refractivity contribution in [2.45, 2.75) is 45.6 Å². The Morgan fingerprint density at radius 1 is 1.08 bits per heavy atom. The number of urea groups is 1. The van der Waals surface area contributed by atoms with Gasteiger partial charge in [0, 0.05) is 12.2 Å². The second-order valence-corrected chi connectivity index (χ2v) is 6.86. The standard InChI is InChI=1S/C22H28N2O2/c1-3-26-20-14-12-19(13-15-20)23-22(25)24-16-6-4-5-7-21(24)18-10-8-17(2)9-11-18/h8-15,21H,3-7,16H2,1-2H3,(H,23,25)/t21-/m1/s1. The molecule has 0 aliphatic carbocycles. The summed E-state index contributed by atoms with van der Waals surface area (Å²) < 4.78 is 5.46. The Morgan fingerprint density at radius 3 is 2.50 bits per heavy atom. The molecule has 0 saturated carbocycles. The number of ether oxygens (including phenoxy) is 1. The molecule has 138 valence electrons. The van der Waals surface area contributed by atoms with E-state index in [9.17, 15) is 4.79 Å². The minimum atomic E-state index is -0.0263. The van der Waals surface area contributed by atoms with Crippen LogP contribution in [0.15, 0.2) is 48.5 Å². The van der Waals surface area contributed by atoms with Crippen molar-refractivity contribution in [2.75, 3.05) is 18.5 Å². The largest absolute Gasteiger partial charge is 0.494 e. The zero-order chi connectivity index (χ0) is 18.4. The van der Waals surface area contributed by atoms with Crippen molar-refractivity contribution in [3.05, 3.63) is 59.7 Å². The lowest BCUT2D eigenvalue weighted by Crippen LogP contribution is -2.38. The fraction of sp³-hybridized carbons (Fsp3) is 0.409. The molecule has 4 nitrogen and oxygen atoms in total. The topological polar surface area (TPSA) is 41.6 Å². The summed E-state index contributed by atoms with van der Waals surface area (Å²) in [6, 6.07) is 16.2. The highest BCUT2D eigenvalue weighted by Crippen LogP contribution is 2.31. The van der Waals surface area contributed by atoms with E-state index < -0.39 is 0 Å². The molecule has 2 aromatic rings. The number of benzene rings is 2. The molecule has 1 fully saturated rings. The molecular formula is C22H28N2O2. The van der Waals surface area contributed by atoms with Crippen molar-refractivity contribution in [3.63, 3.8) is 0 Å². The van der Waals surface area contributed by atoms with Gasteiger partial charge >= 0.3 is 6.03 Å². The van der Waals surface area contributed by atoms with Gasteiger partial charge in [-0.1, -0.05) is 42.7 Å². The Labute approximate surface area is 156 Å². The molecule has 0 spiro atoms. The monoisotopic (exact) mass is 352 g/mol. The number of likely N-dealkylation sites (tertiary alicyclic amines) is 1. The number of hydrogen-bond donors (Lipinski definition) is 1. The minimum absolute atomic E-state index is 0.0263. The molecule has 2 aromatic carbocycles. The third kappa shape index (κ3) is 4.57. The van der Waals surface area contributed by atoms with Crippen LogP contribution in [0.25, 0.3) is 0 Å². The molecule has 1 atom stereocenters. The zero-order valence-corrected chi connectivity index (χ0v) is 15.7. The second-order valence-electron chi connectivity index (χ2n) is 6.86. The van der Waals surface area contributed by atoms with E-state index >= 15 is 0 Å². The predicted octanol–water partition coefficient (Wildman–Crippen LogP) is 5.54. The fourth-order valence-electron chi connectivity index (χ4n) is 3.48. The van der Waals surface area contributed by atoms with Crippen molar-refractivity contribution < 1.29 is 9.53 Å². The summed E-state index contributed by atoms with van der Waals surface area (Å²) in [5, 5.41) is 3.05. The molecule has 0 aromatic heterocycles. The van der Waals surface area contributed by atoms with E-state index in [4.69, 9.17) is 4.74 Å². The van der Waals surface area contributed by atoms with E-state index in [1.807, 2.05) is 36.1 Å². The number of nitrogens with one attached hydrogen (secondary N) is 1. The molecule has 3 rings (SSSR count). The highest BCUT2D eigenvalue weighted by atomic mass is 16.5. The summed E-state index contributed by atoms with van der Waals surface area (Å²) in [4.78, 5) is 15.0. The molecule has 0 bridgehead atoms. The van der Waals surface area contributed by atoms with Gasteiger partial charge in [0.05, 0.1) is 12.6 Å². The third-order valence-electron chi connectivity index (χ3n) is 4.89. The number of amides is 2. The quantitative estimate of drug-likeness (QED) is 0.784. The number of carbonyl (C=O) groups is 1. The lowest BCUT2D eigenvalue weighted by Gasteiger charge is -2.30. The second kappa shape index (κ2) is 8.75. The van der Waals surface area contributed by atoms with Crippen LogP contribution in [0.1, 0.15) is 49.8 Å². The van der Waals surface area contributed by atoms with E-state index in [0.29, 0.717) is 6.61 Å². The van der Waals surface area contributed by atoms with E-state index in [1.54, 1.807) is 0 Å². The van der Waals surface area contributed by atoms with Crippen molar-refractivity contribution in [1.29, 1.82) is 0 Å². The number of rotatable bonds is 4. The first-order valence-electron chi connectivity index (χ1n) is 9.54. The normalized spacial score (nSPS) is 17.5. The van der Waals surface area contributed by atoms with Crippen molar-refractivity contribution in [2.24, 2.45) is 0 Å². The van der Waals surface area contributed by atoms with Crippen LogP contribution in [0, 0.1) is 6.92 Å². The third-order valence-corrected chi connectivity index (χ3v) is 4.89. The Bertz CT molecular complexity index is 710. The lowest BCUT2D eigenvalue weighted by atomic mass is 10.00. The summed E-state index contributed by atoms with van der Waals surface area (Å²) >= 11 is 0. The first-order valence-corrected chi connectivity index (χ1v) is 9.54. The maximum absolute atomic E-state index is 13.0. The molecule has 1 N–H and O–H groups in total. The number of hydrogen-bond acceptors (Lipinski definition) is 2. The van der Waals surface area contributed by atoms with Gasteiger partial charge in [0.2, 0.25) is 0 Å². The highest BCUT2D eigenvalue weighted by molar-refractivity contribution is 5.89. The molecule has 1 heterocycles. The van der Waals surface area contributed by atoms with Gasteiger partial charge in [-0.3, -0.25) is 0 Å². The molecule has 0 unspecified atom stereocenters. The maximum atomic E-state index is 13.0. The summed E-state index contributed by atoms with van der Waals surface area (Å²) in [5.41, 5.74) is 3.26. The van der Waals surface area contributed by atoms with Crippen LogP contribution in [0.5, 0.6) is 5.75 Å². The average Bonchev–Trinajstić information content (AvgIpc) is 2.90. The summed E-state index contributed by atoms with van der Waals surface area (Å²) in [5.74, 6) is 0.817. The Kier molecular flexibility index (Phi) is 6.16. The lowest BCUT2D eigenvalue weighted by molar-refractivity contribution is 0.189. The number of anilines is 1.